The second-order valence-electron chi connectivity index (χ2n) is 8.62. The Hall–Kier alpha value is 0.162. The van der Waals surface area contributed by atoms with Crippen molar-refractivity contribution < 1.29 is 53.9 Å². The molecular weight excluding hydrogens is 523 g/mol. The van der Waals surface area contributed by atoms with Gasteiger partial charge in [-0.25, -0.2) is 0 Å². The molecule has 1 aromatic carbocycles. The topological polar surface area (TPSA) is 29.5 Å². The molecule has 2 fully saturated rings. The smallest absolute Gasteiger partial charge is 0.119 e. The van der Waals surface area contributed by atoms with Crippen molar-refractivity contribution in [2.45, 2.75) is 63.9 Å². The Labute approximate surface area is 188 Å². The second kappa shape index (κ2) is 6.96. The van der Waals surface area contributed by atoms with Gasteiger partial charge in [0.2, 0.25) is 0 Å². The van der Waals surface area contributed by atoms with Gasteiger partial charge in [-0.1, -0.05) is 19.6 Å². The molecule has 25 heavy (non-hydrogen) atoms. The van der Waals surface area contributed by atoms with E-state index in [2.05, 4.69) is 31.7 Å². The Morgan fingerprint density at radius 2 is 2.00 bits per heavy atom. The first kappa shape index (κ1) is 19.9. The minimum absolute atomic E-state index is 0. The monoisotopic (exact) mass is 553 g/mol. The summed E-state index contributed by atoms with van der Waals surface area (Å²) in [7, 11) is 1.75. The van der Waals surface area contributed by atoms with Crippen LogP contribution in [0.5, 0.6) is 5.75 Å². The Morgan fingerprint density at radius 1 is 1.24 bits per heavy atom. The van der Waals surface area contributed by atoms with E-state index in [1.807, 2.05) is 6.92 Å². The van der Waals surface area contributed by atoms with Gasteiger partial charge in [-0.15, -0.1) is 0 Å². The fourth-order valence-corrected chi connectivity index (χ4v) is 6.40. The fourth-order valence-electron chi connectivity index (χ4n) is 6.40. The molecule has 1 radical (unpaired) electrons. The third-order valence-corrected chi connectivity index (χ3v) is 7.79. The van der Waals surface area contributed by atoms with Crippen molar-refractivity contribution >= 4 is 0 Å². The van der Waals surface area contributed by atoms with Crippen LogP contribution in [0.25, 0.3) is 0 Å². The fraction of sp³-hybridized carbons (Fsp3) is 0.636. The summed E-state index contributed by atoms with van der Waals surface area (Å²) in [4.78, 5) is 0. The SMILES string of the molecule is C=C(C)C1(O)CCC2C3CCc4cc(OC)ccc4C3CC[C@@]21C.[Ac]. The Balaban J connectivity index is 0.00000182. The first-order valence-electron chi connectivity index (χ1n) is 9.46. The molecular formula is C22H30AcO2. The molecule has 3 heteroatoms. The van der Waals surface area contributed by atoms with E-state index in [-0.39, 0.29) is 49.5 Å². The van der Waals surface area contributed by atoms with Crippen LogP contribution < -0.4 is 4.74 Å². The summed E-state index contributed by atoms with van der Waals surface area (Å²) in [5.74, 6) is 2.96. The number of ether oxygens (including phenoxy) is 1. The second-order valence-corrected chi connectivity index (χ2v) is 8.62. The maximum atomic E-state index is 11.4. The van der Waals surface area contributed by atoms with Crippen LogP contribution in [-0.2, 0) is 6.42 Å². The van der Waals surface area contributed by atoms with Crippen molar-refractivity contribution in [2.75, 3.05) is 7.11 Å². The molecule has 0 saturated heterocycles. The molecule has 4 unspecified atom stereocenters. The number of methoxy groups -OCH3 is 1. The Bertz CT molecular complexity index is 685. The minimum Gasteiger partial charge on any atom is -0.497 e. The largest absolute Gasteiger partial charge is 0.497 e. The van der Waals surface area contributed by atoms with E-state index in [1.165, 1.54) is 18.4 Å². The van der Waals surface area contributed by atoms with E-state index in [9.17, 15) is 5.11 Å². The predicted molar refractivity (Wildman–Crippen MR) is 97.4 cm³/mol. The molecule has 1 aromatic rings. The van der Waals surface area contributed by atoms with Crippen LogP contribution in [-0.4, -0.2) is 17.8 Å². The van der Waals surface area contributed by atoms with Crippen LogP contribution >= 0.6 is 0 Å². The molecule has 3 aliphatic rings. The molecule has 0 aromatic heterocycles. The van der Waals surface area contributed by atoms with Crippen LogP contribution in [0.1, 0.15) is 63.0 Å². The van der Waals surface area contributed by atoms with Gasteiger partial charge in [0.1, 0.15) is 5.75 Å². The standard InChI is InChI=1S/C22H30O2.Ac/c1-14(2)22(23)12-10-20-19-7-5-15-13-16(24-4)6-8-17(15)18(19)9-11-21(20,22)3;/h6,8,13,18-20,23H,1,5,7,9-12H2,2-4H3;/t18?,19?,20?,21-,22?;/m0./s1. The van der Waals surface area contributed by atoms with Crippen LogP contribution in [0.3, 0.4) is 0 Å². The van der Waals surface area contributed by atoms with E-state index in [1.54, 1.807) is 12.7 Å². The minimum atomic E-state index is -0.664. The molecule has 2 saturated carbocycles. The number of rotatable bonds is 2. The predicted octanol–water partition coefficient (Wildman–Crippen LogP) is 4.86. The zero-order valence-electron chi connectivity index (χ0n) is 15.8. The summed E-state index contributed by atoms with van der Waals surface area (Å²) < 4.78 is 5.41. The normalized spacial score (nSPS) is 38.8. The Kier molecular flexibility index (Phi) is 5.54. The molecule has 0 spiro atoms. The summed E-state index contributed by atoms with van der Waals surface area (Å²) in [5.41, 5.74) is 3.33. The van der Waals surface area contributed by atoms with Crippen molar-refractivity contribution in [2.24, 2.45) is 17.3 Å². The first-order chi connectivity index (χ1) is 11.4. The molecule has 2 nitrogen and oxygen atoms in total. The summed E-state index contributed by atoms with van der Waals surface area (Å²) in [6, 6.07) is 6.65. The number of benzene rings is 1. The maximum absolute atomic E-state index is 11.4. The van der Waals surface area contributed by atoms with Gasteiger partial charge in [0.05, 0.1) is 12.7 Å². The van der Waals surface area contributed by atoms with Gasteiger partial charge in [-0.2, -0.15) is 0 Å². The van der Waals surface area contributed by atoms with Gasteiger partial charge < -0.3 is 9.84 Å². The van der Waals surface area contributed by atoms with E-state index >= 15 is 0 Å². The third-order valence-electron chi connectivity index (χ3n) is 7.79. The van der Waals surface area contributed by atoms with Crippen molar-refractivity contribution in [1.29, 1.82) is 0 Å². The van der Waals surface area contributed by atoms with Gasteiger partial charge in [0.25, 0.3) is 0 Å². The van der Waals surface area contributed by atoms with Crippen LogP contribution in [0, 0.1) is 61.3 Å². The molecule has 0 amide bonds. The molecule has 3 aliphatic carbocycles. The molecule has 0 aliphatic heterocycles. The van der Waals surface area contributed by atoms with Gasteiger partial charge in [-0.05, 0) is 92.0 Å². The van der Waals surface area contributed by atoms with E-state index in [0.29, 0.717) is 17.8 Å². The Morgan fingerprint density at radius 3 is 2.68 bits per heavy atom. The van der Waals surface area contributed by atoms with Gasteiger partial charge in [0, 0.05) is 49.5 Å². The average molecular weight is 553 g/mol. The summed E-state index contributed by atoms with van der Waals surface area (Å²) >= 11 is 0. The summed E-state index contributed by atoms with van der Waals surface area (Å²) in [6.07, 6.45) is 6.72. The molecule has 1 N–H and O–H groups in total. The van der Waals surface area contributed by atoms with E-state index < -0.39 is 5.60 Å². The van der Waals surface area contributed by atoms with E-state index in [4.69, 9.17) is 4.74 Å². The maximum Gasteiger partial charge on any atom is 0.119 e. The summed E-state index contributed by atoms with van der Waals surface area (Å²) in [5, 5.41) is 11.4. The van der Waals surface area contributed by atoms with Crippen LogP contribution in [0.15, 0.2) is 30.4 Å². The molecule has 0 heterocycles. The quantitative estimate of drug-likeness (QED) is 0.531. The zero-order valence-corrected chi connectivity index (χ0v) is 20.6. The van der Waals surface area contributed by atoms with Crippen molar-refractivity contribution in [3.05, 3.63) is 41.5 Å². The summed E-state index contributed by atoms with van der Waals surface area (Å²) in [6.45, 7) is 8.49. The molecule has 5 atom stereocenters. The van der Waals surface area contributed by atoms with Crippen molar-refractivity contribution in [3.8, 4) is 5.75 Å². The van der Waals surface area contributed by atoms with Crippen LogP contribution in [0.2, 0.25) is 0 Å². The zero-order chi connectivity index (χ0) is 17.1. The van der Waals surface area contributed by atoms with Gasteiger partial charge in [-0.3, -0.25) is 0 Å². The molecule has 133 valence electrons. The first-order valence-corrected chi connectivity index (χ1v) is 9.46. The number of aryl methyl sites for hydroxylation is 1. The number of hydrogen-bond donors (Lipinski definition) is 1. The third kappa shape index (κ3) is 2.79. The van der Waals surface area contributed by atoms with Crippen molar-refractivity contribution in [1.82, 2.24) is 0 Å². The van der Waals surface area contributed by atoms with E-state index in [0.717, 1.165) is 37.0 Å². The molecule has 4 rings (SSSR count). The van der Waals surface area contributed by atoms with Gasteiger partial charge >= 0.3 is 0 Å². The van der Waals surface area contributed by atoms with Crippen molar-refractivity contribution in [3.63, 3.8) is 0 Å². The number of fused-ring (bicyclic) bond motifs is 5. The van der Waals surface area contributed by atoms with Gasteiger partial charge in [0.15, 0.2) is 0 Å². The molecule has 0 bridgehead atoms. The average Bonchev–Trinajstić information content (AvgIpc) is 2.87. The van der Waals surface area contributed by atoms with Crippen LogP contribution in [0.4, 0.5) is 0 Å². The number of aliphatic hydroxyl groups is 1. The number of hydrogen-bond acceptors (Lipinski definition) is 2.